The van der Waals surface area contributed by atoms with Crippen molar-refractivity contribution in [3.8, 4) is 5.75 Å². The zero-order valence-corrected chi connectivity index (χ0v) is 22.0. The maximum atomic E-state index is 14.6. The predicted molar refractivity (Wildman–Crippen MR) is 143 cm³/mol. The summed E-state index contributed by atoms with van der Waals surface area (Å²) in [5.74, 6) is 0.554. The van der Waals surface area contributed by atoms with Crippen LogP contribution in [0.1, 0.15) is 24.0 Å². The first kappa shape index (κ1) is 27.5. The van der Waals surface area contributed by atoms with Crippen LogP contribution in [0.15, 0.2) is 48.5 Å². The van der Waals surface area contributed by atoms with Gasteiger partial charge in [-0.15, -0.1) is 0 Å². The Morgan fingerprint density at radius 2 is 1.70 bits per heavy atom. The van der Waals surface area contributed by atoms with Crippen molar-refractivity contribution in [1.29, 1.82) is 0 Å². The van der Waals surface area contributed by atoms with Gasteiger partial charge in [-0.3, -0.25) is 9.69 Å². The molecule has 0 aromatic heterocycles. The molecule has 1 amide bonds. The number of piperazine rings is 1. The van der Waals surface area contributed by atoms with Crippen LogP contribution in [0.3, 0.4) is 0 Å². The van der Waals surface area contributed by atoms with Gasteiger partial charge in [0.25, 0.3) is 0 Å². The number of hydrogen-bond acceptors (Lipinski definition) is 6. The van der Waals surface area contributed by atoms with Crippen LogP contribution in [-0.4, -0.2) is 92.8 Å². The van der Waals surface area contributed by atoms with Gasteiger partial charge in [0, 0.05) is 51.9 Å². The molecule has 2 saturated heterocycles. The smallest absolute Gasteiger partial charge is 0.239 e. The lowest BCUT2D eigenvalue weighted by Gasteiger charge is -2.39. The summed E-state index contributed by atoms with van der Waals surface area (Å²) in [6.07, 6.45) is 2.97. The molecule has 2 heterocycles. The van der Waals surface area contributed by atoms with E-state index in [1.165, 1.54) is 11.6 Å². The Kier molecular flexibility index (Phi) is 10.3. The number of methoxy groups -OCH3 is 1. The molecule has 0 radical (unpaired) electrons. The van der Waals surface area contributed by atoms with Gasteiger partial charge < -0.3 is 25.0 Å². The van der Waals surface area contributed by atoms with E-state index in [4.69, 9.17) is 15.2 Å². The van der Waals surface area contributed by atoms with E-state index in [0.29, 0.717) is 57.3 Å². The second-order valence-electron chi connectivity index (χ2n) is 10.1. The fourth-order valence-corrected chi connectivity index (χ4v) is 5.29. The summed E-state index contributed by atoms with van der Waals surface area (Å²) in [7, 11) is 1.61. The number of ether oxygens (including phenoxy) is 2. The number of amides is 1. The number of carbonyl (C=O) groups is 1. The fraction of sp³-hybridized carbons (Fsp3) is 0.552. The van der Waals surface area contributed by atoms with Crippen LogP contribution in [0, 0.1) is 11.7 Å². The van der Waals surface area contributed by atoms with Crippen LogP contribution in [-0.2, 0) is 22.5 Å². The Morgan fingerprint density at radius 1 is 0.973 bits per heavy atom. The van der Waals surface area contributed by atoms with Crippen LogP contribution in [0.2, 0.25) is 0 Å². The largest absolute Gasteiger partial charge is 0.491 e. The van der Waals surface area contributed by atoms with Gasteiger partial charge in [0.1, 0.15) is 18.2 Å². The Labute approximate surface area is 220 Å². The van der Waals surface area contributed by atoms with Crippen LogP contribution >= 0.6 is 0 Å². The van der Waals surface area contributed by atoms with Crippen molar-refractivity contribution in [3.63, 3.8) is 0 Å². The number of benzene rings is 2. The van der Waals surface area contributed by atoms with Gasteiger partial charge in [-0.1, -0.05) is 36.4 Å². The summed E-state index contributed by atoms with van der Waals surface area (Å²) < 4.78 is 25.3. The Balaban J connectivity index is 1.21. The van der Waals surface area contributed by atoms with E-state index in [-0.39, 0.29) is 17.6 Å². The van der Waals surface area contributed by atoms with Crippen LogP contribution in [0.4, 0.5) is 4.39 Å². The summed E-state index contributed by atoms with van der Waals surface area (Å²) in [4.78, 5) is 19.7. The molecular weight excluding hydrogens is 471 g/mol. The Hall–Kier alpha value is -2.52. The van der Waals surface area contributed by atoms with Gasteiger partial charge >= 0.3 is 0 Å². The maximum Gasteiger partial charge on any atom is 0.239 e. The summed E-state index contributed by atoms with van der Waals surface area (Å²) >= 11 is 0. The number of nitrogens with two attached hydrogens (primary N) is 1. The highest BCUT2D eigenvalue weighted by Gasteiger charge is 2.33. The highest BCUT2D eigenvalue weighted by Crippen LogP contribution is 2.25. The van der Waals surface area contributed by atoms with Crippen LogP contribution in [0.5, 0.6) is 5.75 Å². The third kappa shape index (κ3) is 7.74. The highest BCUT2D eigenvalue weighted by molar-refractivity contribution is 5.82. The molecule has 0 aliphatic carbocycles. The van der Waals surface area contributed by atoms with Gasteiger partial charge in [0.05, 0.1) is 12.6 Å². The Morgan fingerprint density at radius 3 is 2.41 bits per heavy atom. The first-order valence-corrected chi connectivity index (χ1v) is 13.5. The van der Waals surface area contributed by atoms with Crippen molar-refractivity contribution in [3.05, 3.63) is 65.5 Å². The molecule has 2 aliphatic rings. The molecule has 2 aromatic carbocycles. The van der Waals surface area contributed by atoms with E-state index in [9.17, 15) is 9.18 Å². The van der Waals surface area contributed by atoms with E-state index in [2.05, 4.69) is 34.1 Å². The lowest BCUT2D eigenvalue weighted by atomic mass is 9.88. The van der Waals surface area contributed by atoms with Crippen molar-refractivity contribution in [2.24, 2.45) is 11.7 Å². The molecule has 2 aromatic rings. The summed E-state index contributed by atoms with van der Waals surface area (Å²) in [5, 5.41) is 0. The molecular formula is C29H41FN4O3. The summed E-state index contributed by atoms with van der Waals surface area (Å²) in [6, 6.07) is 15.0. The number of carbonyl (C=O) groups excluding carboxylic acids is 1. The van der Waals surface area contributed by atoms with E-state index in [1.807, 2.05) is 11.0 Å². The Bertz CT molecular complexity index is 976. The minimum absolute atomic E-state index is 0.0527. The first-order valence-electron chi connectivity index (χ1n) is 13.5. The fourth-order valence-electron chi connectivity index (χ4n) is 5.29. The quantitative estimate of drug-likeness (QED) is 0.467. The van der Waals surface area contributed by atoms with E-state index < -0.39 is 6.04 Å². The second-order valence-corrected chi connectivity index (χ2v) is 10.1. The lowest BCUT2D eigenvalue weighted by molar-refractivity contribution is -0.136. The van der Waals surface area contributed by atoms with Crippen LogP contribution < -0.4 is 10.5 Å². The number of nitrogens with zero attached hydrogens (tertiary/aromatic N) is 3. The van der Waals surface area contributed by atoms with Gasteiger partial charge in [-0.05, 0) is 56.0 Å². The SMILES string of the molecule is COCCOc1cccc(F)c1CN1CCN(C(=O)[C@H](N)C2CCN(CCc3ccccc3)CC2)CC1. The van der Waals surface area contributed by atoms with Crippen molar-refractivity contribution in [1.82, 2.24) is 14.7 Å². The molecule has 0 spiro atoms. The third-order valence-corrected chi connectivity index (χ3v) is 7.67. The van der Waals surface area contributed by atoms with Crippen molar-refractivity contribution in [2.45, 2.75) is 31.8 Å². The minimum Gasteiger partial charge on any atom is -0.491 e. The summed E-state index contributed by atoms with van der Waals surface area (Å²) in [6.45, 7) is 6.88. The number of hydrogen-bond donors (Lipinski definition) is 1. The monoisotopic (exact) mass is 512 g/mol. The lowest BCUT2D eigenvalue weighted by Crippen LogP contribution is -2.55. The number of likely N-dealkylation sites (tertiary alicyclic amines) is 1. The number of rotatable bonds is 11. The normalized spacial score (nSPS) is 18.6. The molecule has 2 N–H and O–H groups in total. The van der Waals surface area contributed by atoms with Gasteiger partial charge in [0.2, 0.25) is 5.91 Å². The predicted octanol–water partition coefficient (Wildman–Crippen LogP) is 2.78. The van der Waals surface area contributed by atoms with Crippen molar-refractivity contribution >= 4 is 5.91 Å². The van der Waals surface area contributed by atoms with Crippen LogP contribution in [0.25, 0.3) is 0 Å². The average Bonchev–Trinajstić information content (AvgIpc) is 2.94. The van der Waals surface area contributed by atoms with Crippen molar-refractivity contribution < 1.29 is 18.7 Å². The molecule has 37 heavy (non-hydrogen) atoms. The summed E-state index contributed by atoms with van der Waals surface area (Å²) in [5.41, 5.74) is 8.40. The molecule has 0 bridgehead atoms. The standard InChI is InChI=1S/C29H41FN4O3/c1-36-20-21-37-27-9-5-8-26(30)25(27)22-33-16-18-34(19-17-33)29(35)28(31)24-11-14-32(15-12-24)13-10-23-6-3-2-4-7-23/h2-9,24,28H,10-22,31H2,1H3/t28-/m1/s1. The molecule has 7 nitrogen and oxygen atoms in total. The maximum absolute atomic E-state index is 14.6. The first-order chi connectivity index (χ1) is 18.0. The second kappa shape index (κ2) is 13.9. The molecule has 0 saturated carbocycles. The molecule has 2 aliphatic heterocycles. The molecule has 2 fully saturated rings. The zero-order chi connectivity index (χ0) is 26.0. The van der Waals surface area contributed by atoms with Crippen molar-refractivity contribution in [2.75, 3.05) is 66.1 Å². The minimum atomic E-state index is -0.449. The highest BCUT2D eigenvalue weighted by atomic mass is 19.1. The van der Waals surface area contributed by atoms with Gasteiger partial charge in [0.15, 0.2) is 0 Å². The zero-order valence-electron chi connectivity index (χ0n) is 22.0. The topological polar surface area (TPSA) is 71.3 Å². The molecule has 0 unspecified atom stereocenters. The van der Waals surface area contributed by atoms with E-state index in [1.54, 1.807) is 19.2 Å². The van der Waals surface area contributed by atoms with Gasteiger partial charge in [-0.2, -0.15) is 0 Å². The van der Waals surface area contributed by atoms with E-state index >= 15 is 0 Å². The van der Waals surface area contributed by atoms with Gasteiger partial charge in [-0.25, -0.2) is 4.39 Å². The molecule has 202 valence electrons. The molecule has 8 heteroatoms. The number of piperidine rings is 1. The van der Waals surface area contributed by atoms with E-state index in [0.717, 1.165) is 38.9 Å². The number of halogens is 1. The third-order valence-electron chi connectivity index (χ3n) is 7.67. The average molecular weight is 513 g/mol. The molecule has 1 atom stereocenters. The molecule has 4 rings (SSSR count).